The average molecular weight is 360 g/mol. The molecule has 0 fully saturated rings. The lowest BCUT2D eigenvalue weighted by Crippen LogP contribution is -2.24. The van der Waals surface area contributed by atoms with Crippen molar-refractivity contribution in [1.82, 2.24) is 19.7 Å². The van der Waals surface area contributed by atoms with Crippen molar-refractivity contribution in [2.75, 3.05) is 0 Å². The number of hydrogen-bond acceptors (Lipinski definition) is 5. The third-order valence-electron chi connectivity index (χ3n) is 4.51. The van der Waals surface area contributed by atoms with Crippen molar-refractivity contribution >= 4 is 11.0 Å². The Kier molecular flexibility index (Phi) is 4.32. The van der Waals surface area contributed by atoms with Crippen LogP contribution >= 0.6 is 0 Å². The number of aryl methyl sites for hydroxylation is 3. The number of aromatic nitrogens is 4. The molecule has 4 rings (SSSR count). The predicted octanol–water partition coefficient (Wildman–Crippen LogP) is 4.14. The van der Waals surface area contributed by atoms with Gasteiger partial charge in [0.2, 0.25) is 5.82 Å². The first-order valence-corrected chi connectivity index (χ1v) is 8.99. The van der Waals surface area contributed by atoms with Crippen molar-refractivity contribution in [3.63, 3.8) is 0 Å². The van der Waals surface area contributed by atoms with Gasteiger partial charge in [0.1, 0.15) is 5.69 Å². The topological polar surface area (TPSA) is 73.8 Å². The molecule has 0 saturated carbocycles. The maximum atomic E-state index is 12.4. The molecule has 0 amide bonds. The molecule has 4 aromatic rings. The summed E-state index contributed by atoms with van der Waals surface area (Å²) < 4.78 is 7.21. The van der Waals surface area contributed by atoms with E-state index in [9.17, 15) is 4.79 Å². The van der Waals surface area contributed by atoms with Crippen LogP contribution in [0.1, 0.15) is 24.6 Å². The van der Waals surface area contributed by atoms with Crippen LogP contribution in [0.15, 0.2) is 51.8 Å². The van der Waals surface area contributed by atoms with E-state index >= 15 is 0 Å². The SMILES string of the molecule is CCCn1c(=O)c(C)nc2cc(-c3noc(-c4cccc(C)c4)n3)ccc21. The van der Waals surface area contributed by atoms with Gasteiger partial charge in [-0.3, -0.25) is 4.79 Å². The Bertz CT molecular complexity index is 1190. The van der Waals surface area contributed by atoms with E-state index < -0.39 is 0 Å². The first kappa shape index (κ1) is 17.1. The lowest BCUT2D eigenvalue weighted by molar-refractivity contribution is 0.432. The summed E-state index contributed by atoms with van der Waals surface area (Å²) in [4.78, 5) is 21.4. The van der Waals surface area contributed by atoms with Gasteiger partial charge in [0.05, 0.1) is 11.0 Å². The highest BCUT2D eigenvalue weighted by atomic mass is 16.5. The average Bonchev–Trinajstić information content (AvgIpc) is 3.15. The summed E-state index contributed by atoms with van der Waals surface area (Å²) in [5.41, 5.74) is 4.84. The molecule has 0 atom stereocenters. The molecular formula is C21H20N4O2. The Hall–Kier alpha value is -3.28. The molecule has 0 radical (unpaired) electrons. The first-order valence-electron chi connectivity index (χ1n) is 8.99. The van der Waals surface area contributed by atoms with Crippen LogP contribution in [0, 0.1) is 13.8 Å². The van der Waals surface area contributed by atoms with E-state index in [2.05, 4.69) is 22.0 Å². The number of hydrogen-bond donors (Lipinski definition) is 0. The highest BCUT2D eigenvalue weighted by Gasteiger charge is 2.13. The fraction of sp³-hybridized carbons (Fsp3) is 0.238. The van der Waals surface area contributed by atoms with Crippen LogP contribution in [0.4, 0.5) is 0 Å². The second-order valence-electron chi connectivity index (χ2n) is 6.65. The van der Waals surface area contributed by atoms with E-state index in [4.69, 9.17) is 4.52 Å². The number of nitrogens with zero attached hydrogens (tertiary/aromatic N) is 4. The molecule has 0 bridgehead atoms. The number of rotatable bonds is 4. The molecular weight excluding hydrogens is 340 g/mol. The second-order valence-corrected chi connectivity index (χ2v) is 6.65. The van der Waals surface area contributed by atoms with Gasteiger partial charge in [-0.25, -0.2) is 4.98 Å². The van der Waals surface area contributed by atoms with E-state index in [0.717, 1.165) is 34.1 Å². The molecule has 2 aromatic carbocycles. The molecule has 2 aromatic heterocycles. The normalized spacial score (nSPS) is 11.2. The summed E-state index contributed by atoms with van der Waals surface area (Å²) in [5, 5.41) is 4.12. The minimum Gasteiger partial charge on any atom is -0.334 e. The summed E-state index contributed by atoms with van der Waals surface area (Å²) in [5.74, 6) is 0.981. The van der Waals surface area contributed by atoms with Gasteiger partial charge in [-0.05, 0) is 50.6 Å². The van der Waals surface area contributed by atoms with Crippen LogP contribution < -0.4 is 5.56 Å². The molecule has 27 heavy (non-hydrogen) atoms. The molecule has 2 heterocycles. The zero-order valence-electron chi connectivity index (χ0n) is 15.6. The van der Waals surface area contributed by atoms with E-state index in [-0.39, 0.29) is 5.56 Å². The van der Waals surface area contributed by atoms with Gasteiger partial charge in [0.15, 0.2) is 0 Å². The quantitative estimate of drug-likeness (QED) is 0.547. The Morgan fingerprint density at radius 2 is 1.89 bits per heavy atom. The second kappa shape index (κ2) is 6.79. The Morgan fingerprint density at radius 1 is 1.04 bits per heavy atom. The summed E-state index contributed by atoms with van der Waals surface area (Å²) in [7, 11) is 0. The summed E-state index contributed by atoms with van der Waals surface area (Å²) in [6.07, 6.45) is 0.880. The third-order valence-corrected chi connectivity index (χ3v) is 4.51. The molecule has 0 aliphatic rings. The van der Waals surface area contributed by atoms with Crippen LogP contribution in [-0.2, 0) is 6.54 Å². The third kappa shape index (κ3) is 3.14. The zero-order chi connectivity index (χ0) is 19.0. The van der Waals surface area contributed by atoms with Crippen molar-refractivity contribution in [2.45, 2.75) is 33.7 Å². The van der Waals surface area contributed by atoms with E-state index in [0.29, 0.717) is 24.0 Å². The highest BCUT2D eigenvalue weighted by molar-refractivity contribution is 5.80. The van der Waals surface area contributed by atoms with Gasteiger partial charge < -0.3 is 9.09 Å². The standard InChI is InChI=1S/C21H20N4O2/c1-4-10-25-18-9-8-15(12-17(18)22-14(3)21(25)26)19-23-20(27-24-19)16-7-5-6-13(2)11-16/h5-9,11-12H,4,10H2,1-3H3. The molecule has 0 aliphatic heterocycles. The van der Waals surface area contributed by atoms with Crippen LogP contribution in [0.3, 0.4) is 0 Å². The molecule has 0 saturated heterocycles. The van der Waals surface area contributed by atoms with Gasteiger partial charge in [-0.1, -0.05) is 29.8 Å². The van der Waals surface area contributed by atoms with E-state index in [1.54, 1.807) is 11.5 Å². The summed E-state index contributed by atoms with van der Waals surface area (Å²) in [6, 6.07) is 13.6. The van der Waals surface area contributed by atoms with Gasteiger partial charge in [-0.2, -0.15) is 4.98 Å². The van der Waals surface area contributed by atoms with Crippen molar-refractivity contribution in [1.29, 1.82) is 0 Å². The summed E-state index contributed by atoms with van der Waals surface area (Å²) >= 11 is 0. The zero-order valence-corrected chi connectivity index (χ0v) is 15.6. The monoisotopic (exact) mass is 360 g/mol. The van der Waals surface area contributed by atoms with Crippen molar-refractivity contribution in [3.8, 4) is 22.8 Å². The Labute approximate surface area is 156 Å². The molecule has 136 valence electrons. The van der Waals surface area contributed by atoms with E-state index in [1.807, 2.05) is 49.4 Å². The van der Waals surface area contributed by atoms with Crippen molar-refractivity contribution in [3.05, 3.63) is 64.1 Å². The molecule has 0 spiro atoms. The van der Waals surface area contributed by atoms with Gasteiger partial charge in [0, 0.05) is 17.7 Å². The predicted molar refractivity (Wildman–Crippen MR) is 104 cm³/mol. The van der Waals surface area contributed by atoms with Crippen molar-refractivity contribution < 1.29 is 4.52 Å². The lowest BCUT2D eigenvalue weighted by Gasteiger charge is -2.10. The van der Waals surface area contributed by atoms with Crippen LogP contribution in [-0.4, -0.2) is 19.7 Å². The number of fused-ring (bicyclic) bond motifs is 1. The smallest absolute Gasteiger partial charge is 0.272 e. The minimum atomic E-state index is -0.0432. The van der Waals surface area contributed by atoms with Crippen molar-refractivity contribution in [2.24, 2.45) is 0 Å². The summed E-state index contributed by atoms with van der Waals surface area (Å²) in [6.45, 7) is 6.48. The lowest BCUT2D eigenvalue weighted by atomic mass is 10.1. The fourth-order valence-electron chi connectivity index (χ4n) is 3.20. The molecule has 0 N–H and O–H groups in total. The maximum Gasteiger partial charge on any atom is 0.272 e. The van der Waals surface area contributed by atoms with Crippen LogP contribution in [0.5, 0.6) is 0 Å². The fourth-order valence-corrected chi connectivity index (χ4v) is 3.20. The van der Waals surface area contributed by atoms with Gasteiger partial charge >= 0.3 is 0 Å². The Morgan fingerprint density at radius 3 is 2.67 bits per heavy atom. The van der Waals surface area contributed by atoms with Gasteiger partial charge in [0.25, 0.3) is 11.4 Å². The van der Waals surface area contributed by atoms with E-state index in [1.165, 1.54) is 0 Å². The molecule has 6 heteroatoms. The van der Waals surface area contributed by atoms with Crippen LogP contribution in [0.2, 0.25) is 0 Å². The van der Waals surface area contributed by atoms with Crippen LogP contribution in [0.25, 0.3) is 33.9 Å². The highest BCUT2D eigenvalue weighted by Crippen LogP contribution is 2.25. The van der Waals surface area contributed by atoms with Gasteiger partial charge in [-0.15, -0.1) is 0 Å². The number of benzene rings is 2. The minimum absolute atomic E-state index is 0.0432. The molecule has 0 aliphatic carbocycles. The molecule has 6 nitrogen and oxygen atoms in total. The molecule has 0 unspecified atom stereocenters. The first-order chi connectivity index (χ1) is 13.1. The maximum absolute atomic E-state index is 12.4. The largest absolute Gasteiger partial charge is 0.334 e. The Balaban J connectivity index is 1.79.